The lowest BCUT2D eigenvalue weighted by molar-refractivity contribution is 0.0521. The highest BCUT2D eigenvalue weighted by molar-refractivity contribution is 7.71. The first-order valence-corrected chi connectivity index (χ1v) is 4.15. The Morgan fingerprint density at radius 3 is 2.92 bits per heavy atom. The van der Waals surface area contributed by atoms with Crippen LogP contribution in [0.25, 0.3) is 0 Å². The number of nitrogens with zero attached hydrogens (tertiary/aromatic N) is 1. The standard InChI is InChI=1S/C8H9NO3S/c1-2-12-8(10)6-3-4-7(13)9(11)5-6/h3-5,11H,2H2,1H3. The van der Waals surface area contributed by atoms with Crippen molar-refractivity contribution in [1.29, 1.82) is 0 Å². The molecule has 13 heavy (non-hydrogen) atoms. The molecule has 1 rings (SSSR count). The molecule has 70 valence electrons. The van der Waals surface area contributed by atoms with Gasteiger partial charge in [-0.1, -0.05) is 12.2 Å². The van der Waals surface area contributed by atoms with Crippen molar-refractivity contribution in [2.24, 2.45) is 0 Å². The number of carbonyl (C=O) groups is 1. The van der Waals surface area contributed by atoms with E-state index < -0.39 is 5.97 Å². The molecule has 5 heteroatoms. The Morgan fingerprint density at radius 2 is 2.38 bits per heavy atom. The molecular weight excluding hydrogens is 190 g/mol. The van der Waals surface area contributed by atoms with Crippen molar-refractivity contribution in [3.63, 3.8) is 0 Å². The van der Waals surface area contributed by atoms with E-state index in [2.05, 4.69) is 0 Å². The van der Waals surface area contributed by atoms with Gasteiger partial charge in [-0.15, -0.1) is 0 Å². The maximum atomic E-state index is 11.1. The van der Waals surface area contributed by atoms with Crippen LogP contribution in [-0.2, 0) is 4.74 Å². The third kappa shape index (κ3) is 2.29. The quantitative estimate of drug-likeness (QED) is 0.447. The van der Waals surface area contributed by atoms with Gasteiger partial charge in [0.05, 0.1) is 18.4 Å². The number of ether oxygens (including phenoxy) is 1. The Bertz CT molecular complexity index is 372. The van der Waals surface area contributed by atoms with Crippen molar-refractivity contribution in [3.05, 3.63) is 28.5 Å². The minimum atomic E-state index is -0.472. The maximum absolute atomic E-state index is 11.1. The fourth-order valence-electron chi connectivity index (χ4n) is 0.811. The summed E-state index contributed by atoms with van der Waals surface area (Å²) < 4.78 is 5.68. The molecule has 1 aromatic rings. The molecule has 0 fully saturated rings. The molecule has 1 heterocycles. The smallest absolute Gasteiger partial charge is 0.339 e. The lowest BCUT2D eigenvalue weighted by Crippen LogP contribution is -2.07. The zero-order chi connectivity index (χ0) is 9.84. The van der Waals surface area contributed by atoms with Crippen LogP contribution in [0.4, 0.5) is 0 Å². The summed E-state index contributed by atoms with van der Waals surface area (Å²) in [6, 6.07) is 2.97. The first-order valence-electron chi connectivity index (χ1n) is 3.74. The van der Waals surface area contributed by atoms with E-state index >= 15 is 0 Å². The van der Waals surface area contributed by atoms with Crippen LogP contribution in [-0.4, -0.2) is 22.5 Å². The van der Waals surface area contributed by atoms with Crippen LogP contribution >= 0.6 is 12.2 Å². The third-order valence-corrected chi connectivity index (χ3v) is 1.73. The molecule has 0 aliphatic carbocycles. The van der Waals surface area contributed by atoms with Crippen molar-refractivity contribution < 1.29 is 14.7 Å². The molecule has 0 aliphatic heterocycles. The minimum absolute atomic E-state index is 0.244. The number of hydrogen-bond acceptors (Lipinski definition) is 4. The van der Waals surface area contributed by atoms with Gasteiger partial charge in [-0.25, -0.2) is 4.79 Å². The lowest BCUT2D eigenvalue weighted by atomic mass is 10.3. The van der Waals surface area contributed by atoms with Gasteiger partial charge in [0.25, 0.3) is 0 Å². The topological polar surface area (TPSA) is 51.5 Å². The average Bonchev–Trinajstić information content (AvgIpc) is 2.10. The van der Waals surface area contributed by atoms with E-state index in [9.17, 15) is 4.79 Å². The molecule has 0 aliphatic rings. The summed E-state index contributed by atoms with van der Waals surface area (Å²) >= 11 is 4.72. The molecule has 0 bridgehead atoms. The second kappa shape index (κ2) is 4.04. The molecule has 0 saturated heterocycles. The normalized spacial score (nSPS) is 9.62. The van der Waals surface area contributed by atoms with E-state index in [-0.39, 0.29) is 10.2 Å². The molecule has 0 atom stereocenters. The molecule has 0 saturated carbocycles. The van der Waals surface area contributed by atoms with E-state index in [1.807, 2.05) is 0 Å². The van der Waals surface area contributed by atoms with Crippen LogP contribution in [0.2, 0.25) is 0 Å². The van der Waals surface area contributed by atoms with Crippen molar-refractivity contribution in [2.75, 3.05) is 6.61 Å². The van der Waals surface area contributed by atoms with E-state index in [4.69, 9.17) is 22.2 Å². The number of rotatable bonds is 2. The van der Waals surface area contributed by atoms with E-state index in [1.165, 1.54) is 18.3 Å². The van der Waals surface area contributed by atoms with Gasteiger partial charge in [0, 0.05) is 0 Å². The average molecular weight is 199 g/mol. The molecule has 0 amide bonds. The van der Waals surface area contributed by atoms with Gasteiger partial charge < -0.3 is 9.94 Å². The molecule has 0 radical (unpaired) electrons. The Labute approximate surface area is 80.3 Å². The molecule has 4 nitrogen and oxygen atoms in total. The number of hydrogen-bond donors (Lipinski definition) is 1. The lowest BCUT2D eigenvalue weighted by Gasteiger charge is -2.02. The zero-order valence-electron chi connectivity index (χ0n) is 7.06. The number of esters is 1. The third-order valence-electron chi connectivity index (χ3n) is 1.40. The van der Waals surface area contributed by atoms with Gasteiger partial charge in [-0.2, -0.15) is 4.73 Å². The summed E-state index contributed by atoms with van der Waals surface area (Å²) in [7, 11) is 0. The fourth-order valence-corrected chi connectivity index (χ4v) is 0.932. The summed E-state index contributed by atoms with van der Waals surface area (Å²) in [5, 5.41) is 9.12. The molecule has 1 aromatic heterocycles. The van der Waals surface area contributed by atoms with Crippen molar-refractivity contribution in [1.82, 2.24) is 4.73 Å². The highest BCUT2D eigenvalue weighted by atomic mass is 32.1. The predicted molar refractivity (Wildman–Crippen MR) is 48.4 cm³/mol. The summed E-state index contributed by atoms with van der Waals surface area (Å²) in [6.45, 7) is 2.02. The van der Waals surface area contributed by atoms with Gasteiger partial charge in [0.15, 0.2) is 0 Å². The SMILES string of the molecule is CCOC(=O)c1ccc(=S)n(O)c1. The van der Waals surface area contributed by atoms with Gasteiger partial charge in [-0.05, 0) is 19.1 Å². The van der Waals surface area contributed by atoms with Crippen molar-refractivity contribution >= 4 is 18.2 Å². The van der Waals surface area contributed by atoms with Gasteiger partial charge >= 0.3 is 5.97 Å². The Kier molecular flexibility index (Phi) is 3.02. The maximum Gasteiger partial charge on any atom is 0.339 e. The zero-order valence-corrected chi connectivity index (χ0v) is 7.87. The number of pyridine rings is 1. The highest BCUT2D eigenvalue weighted by Gasteiger charge is 2.06. The largest absolute Gasteiger partial charge is 0.462 e. The summed E-state index contributed by atoms with van der Waals surface area (Å²) in [6.07, 6.45) is 1.22. The van der Waals surface area contributed by atoms with E-state index in [0.29, 0.717) is 11.3 Å². The van der Waals surface area contributed by atoms with E-state index in [1.54, 1.807) is 6.92 Å². The molecule has 0 aromatic carbocycles. The molecule has 0 unspecified atom stereocenters. The Morgan fingerprint density at radius 1 is 1.69 bits per heavy atom. The second-order valence-electron chi connectivity index (χ2n) is 2.32. The van der Waals surface area contributed by atoms with Gasteiger partial charge in [-0.3, -0.25) is 0 Å². The Hall–Kier alpha value is -1.36. The van der Waals surface area contributed by atoms with E-state index in [0.717, 1.165) is 0 Å². The van der Waals surface area contributed by atoms with Crippen LogP contribution in [0.3, 0.4) is 0 Å². The van der Waals surface area contributed by atoms with Crippen LogP contribution in [0.5, 0.6) is 0 Å². The highest BCUT2D eigenvalue weighted by Crippen LogP contribution is 2.01. The number of carbonyl (C=O) groups excluding carboxylic acids is 1. The molecular formula is C8H9NO3S. The van der Waals surface area contributed by atoms with Crippen molar-refractivity contribution in [2.45, 2.75) is 6.92 Å². The predicted octanol–water partition coefficient (Wildman–Crippen LogP) is 1.63. The fraction of sp³-hybridized carbons (Fsp3) is 0.250. The van der Waals surface area contributed by atoms with Crippen LogP contribution in [0.1, 0.15) is 17.3 Å². The second-order valence-corrected chi connectivity index (χ2v) is 2.74. The number of aromatic nitrogens is 1. The first-order chi connectivity index (χ1) is 6.15. The monoisotopic (exact) mass is 199 g/mol. The van der Waals surface area contributed by atoms with Crippen LogP contribution < -0.4 is 0 Å². The minimum Gasteiger partial charge on any atom is -0.462 e. The molecule has 1 N–H and O–H groups in total. The summed E-state index contributed by atoms with van der Waals surface area (Å²) in [4.78, 5) is 11.1. The van der Waals surface area contributed by atoms with Crippen LogP contribution in [0.15, 0.2) is 18.3 Å². The van der Waals surface area contributed by atoms with Crippen LogP contribution in [0, 0.1) is 4.64 Å². The Balaban J connectivity index is 2.97. The van der Waals surface area contributed by atoms with Crippen molar-refractivity contribution in [3.8, 4) is 0 Å². The molecule has 0 spiro atoms. The summed E-state index contributed by atoms with van der Waals surface area (Å²) in [5.41, 5.74) is 0.276. The summed E-state index contributed by atoms with van der Waals surface area (Å²) in [5.74, 6) is -0.472. The van der Waals surface area contributed by atoms with Gasteiger partial charge in [0.2, 0.25) is 0 Å². The van der Waals surface area contributed by atoms with Gasteiger partial charge in [0.1, 0.15) is 4.64 Å². The first kappa shape index (κ1) is 9.73.